The van der Waals surface area contributed by atoms with E-state index in [0.29, 0.717) is 33.6 Å². The molecule has 1 heterocycles. The summed E-state index contributed by atoms with van der Waals surface area (Å²) in [7, 11) is 1.75. The number of thioether (sulfide) groups is 1. The Kier molecular flexibility index (Phi) is 6.43. The van der Waals surface area contributed by atoms with E-state index in [2.05, 4.69) is 10.2 Å². The second-order valence-electron chi connectivity index (χ2n) is 6.20. The van der Waals surface area contributed by atoms with Gasteiger partial charge in [-0.05, 0) is 43.3 Å². The van der Waals surface area contributed by atoms with Gasteiger partial charge in [0.15, 0.2) is 16.8 Å². The maximum absolute atomic E-state index is 13.9. The lowest BCUT2D eigenvalue weighted by Crippen LogP contribution is -2.20. The van der Waals surface area contributed by atoms with Gasteiger partial charge < -0.3 is 14.4 Å². The van der Waals surface area contributed by atoms with E-state index in [0.717, 1.165) is 0 Å². The summed E-state index contributed by atoms with van der Waals surface area (Å²) < 4.78 is 21.2. The molecule has 6 nitrogen and oxygen atoms in total. The molecule has 8 heteroatoms. The number of ketones is 1. The molecule has 0 bridgehead atoms. The summed E-state index contributed by atoms with van der Waals surface area (Å²) in [5.41, 5.74) is 0.985. The van der Waals surface area contributed by atoms with Gasteiger partial charge in [0, 0.05) is 18.4 Å². The highest BCUT2D eigenvalue weighted by atomic mass is 32.2. The van der Waals surface area contributed by atoms with E-state index >= 15 is 0 Å². The molecule has 0 aliphatic carbocycles. The summed E-state index contributed by atoms with van der Waals surface area (Å²) in [4.78, 5) is 11.3. The summed E-state index contributed by atoms with van der Waals surface area (Å²) in [5, 5.41) is 18.9. The number of benzene rings is 2. The summed E-state index contributed by atoms with van der Waals surface area (Å²) in [6, 6.07) is 13.1. The SMILES string of the molecule is CC(=O)c1ccc(OC[C@H](O)CSc2nnc(-c3ccccc3F)n2C)cc1. The van der Waals surface area contributed by atoms with E-state index in [1.54, 1.807) is 54.1 Å². The average molecular weight is 401 g/mol. The first kappa shape index (κ1) is 20.0. The number of aliphatic hydroxyl groups excluding tert-OH is 1. The molecule has 0 saturated heterocycles. The van der Waals surface area contributed by atoms with E-state index in [-0.39, 0.29) is 18.2 Å². The van der Waals surface area contributed by atoms with Crippen molar-refractivity contribution in [1.29, 1.82) is 0 Å². The Balaban J connectivity index is 1.54. The van der Waals surface area contributed by atoms with Crippen LogP contribution >= 0.6 is 11.8 Å². The summed E-state index contributed by atoms with van der Waals surface area (Å²) >= 11 is 1.31. The predicted octanol–water partition coefficient (Wildman–Crippen LogP) is 3.36. The van der Waals surface area contributed by atoms with E-state index in [1.807, 2.05) is 0 Å². The third-order valence-corrected chi connectivity index (χ3v) is 5.22. The number of rotatable bonds is 8. The first-order valence-corrected chi connectivity index (χ1v) is 9.63. The van der Waals surface area contributed by atoms with Gasteiger partial charge in [0.05, 0.1) is 11.7 Å². The molecule has 28 heavy (non-hydrogen) atoms. The normalized spacial score (nSPS) is 12.0. The molecule has 1 atom stereocenters. The fraction of sp³-hybridized carbons (Fsp3) is 0.250. The third kappa shape index (κ3) is 4.76. The van der Waals surface area contributed by atoms with Crippen LogP contribution in [0.1, 0.15) is 17.3 Å². The molecule has 0 saturated carbocycles. The van der Waals surface area contributed by atoms with E-state index < -0.39 is 6.10 Å². The highest BCUT2D eigenvalue weighted by Crippen LogP contribution is 2.25. The molecule has 146 valence electrons. The lowest BCUT2D eigenvalue weighted by Gasteiger charge is -2.12. The lowest BCUT2D eigenvalue weighted by atomic mass is 10.1. The topological polar surface area (TPSA) is 77.2 Å². The molecular weight excluding hydrogens is 381 g/mol. The summed E-state index contributed by atoms with van der Waals surface area (Å²) in [5.74, 6) is 0.973. The van der Waals surface area contributed by atoms with Crippen LogP contribution in [-0.2, 0) is 7.05 Å². The molecule has 1 aromatic heterocycles. The second-order valence-corrected chi connectivity index (χ2v) is 7.19. The van der Waals surface area contributed by atoms with Crippen LogP contribution in [0.5, 0.6) is 5.75 Å². The zero-order valence-electron chi connectivity index (χ0n) is 15.5. The Morgan fingerprint density at radius 3 is 2.61 bits per heavy atom. The molecule has 0 radical (unpaired) electrons. The number of carbonyl (C=O) groups is 1. The molecule has 3 aromatic rings. The molecule has 3 rings (SSSR count). The van der Waals surface area contributed by atoms with Crippen LogP contribution in [0.25, 0.3) is 11.4 Å². The Labute approximate surface area is 166 Å². The molecule has 1 N–H and O–H groups in total. The van der Waals surface area contributed by atoms with Gasteiger partial charge in [-0.25, -0.2) is 4.39 Å². The van der Waals surface area contributed by atoms with E-state index in [4.69, 9.17) is 4.74 Å². The minimum absolute atomic E-state index is 0.0126. The second kappa shape index (κ2) is 8.99. The highest BCUT2D eigenvalue weighted by molar-refractivity contribution is 7.99. The maximum atomic E-state index is 13.9. The van der Waals surface area contributed by atoms with Crippen molar-refractivity contribution in [3.05, 3.63) is 59.9 Å². The largest absolute Gasteiger partial charge is 0.491 e. The van der Waals surface area contributed by atoms with E-state index in [9.17, 15) is 14.3 Å². The van der Waals surface area contributed by atoms with Crippen molar-refractivity contribution in [1.82, 2.24) is 14.8 Å². The minimum atomic E-state index is -0.730. The van der Waals surface area contributed by atoms with Gasteiger partial charge in [0.1, 0.15) is 18.2 Å². The van der Waals surface area contributed by atoms with Crippen molar-refractivity contribution >= 4 is 17.5 Å². The van der Waals surface area contributed by atoms with Gasteiger partial charge in [-0.15, -0.1) is 10.2 Å². The molecule has 0 unspecified atom stereocenters. The Bertz CT molecular complexity index is 960. The van der Waals surface area contributed by atoms with Crippen molar-refractivity contribution in [3.63, 3.8) is 0 Å². The van der Waals surface area contributed by atoms with Gasteiger partial charge in [-0.2, -0.15) is 0 Å². The number of halogens is 1. The Morgan fingerprint density at radius 2 is 1.93 bits per heavy atom. The Hall–Kier alpha value is -2.71. The smallest absolute Gasteiger partial charge is 0.191 e. The van der Waals surface area contributed by atoms with Gasteiger partial charge in [0.25, 0.3) is 0 Å². The number of aromatic nitrogens is 3. The molecule has 0 fully saturated rings. The van der Waals surface area contributed by atoms with Gasteiger partial charge >= 0.3 is 0 Å². The van der Waals surface area contributed by atoms with Gasteiger partial charge in [0.2, 0.25) is 0 Å². The molecule has 0 amide bonds. The molecule has 0 spiro atoms. The van der Waals surface area contributed by atoms with Crippen molar-refractivity contribution < 1.29 is 19.0 Å². The van der Waals surface area contributed by atoms with E-state index in [1.165, 1.54) is 24.8 Å². The lowest BCUT2D eigenvalue weighted by molar-refractivity contribution is 0.101. The zero-order chi connectivity index (χ0) is 20.1. The zero-order valence-corrected chi connectivity index (χ0v) is 16.3. The molecular formula is C20H20FN3O3S. The summed E-state index contributed by atoms with van der Waals surface area (Å²) in [6.45, 7) is 1.60. The summed E-state index contributed by atoms with van der Waals surface area (Å²) in [6.07, 6.45) is -0.730. The van der Waals surface area contributed by atoms with Gasteiger partial charge in [-0.3, -0.25) is 4.79 Å². The number of ether oxygens (including phenoxy) is 1. The van der Waals surface area contributed by atoms with Crippen molar-refractivity contribution in [3.8, 4) is 17.1 Å². The van der Waals surface area contributed by atoms with Crippen LogP contribution in [0.4, 0.5) is 4.39 Å². The van der Waals surface area contributed by atoms with Crippen molar-refractivity contribution in [2.24, 2.45) is 7.05 Å². The predicted molar refractivity (Wildman–Crippen MR) is 105 cm³/mol. The van der Waals surface area contributed by atoms with Gasteiger partial charge in [-0.1, -0.05) is 23.9 Å². The number of hydrogen-bond acceptors (Lipinski definition) is 6. The quantitative estimate of drug-likeness (QED) is 0.461. The van der Waals surface area contributed by atoms with Crippen LogP contribution in [0.15, 0.2) is 53.7 Å². The van der Waals surface area contributed by atoms with Crippen LogP contribution in [-0.4, -0.2) is 44.1 Å². The minimum Gasteiger partial charge on any atom is -0.491 e. The molecule has 0 aliphatic heterocycles. The third-order valence-electron chi connectivity index (χ3n) is 4.06. The maximum Gasteiger partial charge on any atom is 0.191 e. The van der Waals surface area contributed by atoms with Crippen molar-refractivity contribution in [2.75, 3.05) is 12.4 Å². The number of nitrogens with zero attached hydrogens (tertiary/aromatic N) is 3. The monoisotopic (exact) mass is 401 g/mol. The van der Waals surface area contributed by atoms with Crippen LogP contribution in [0.3, 0.4) is 0 Å². The van der Waals surface area contributed by atoms with Crippen LogP contribution < -0.4 is 4.74 Å². The standard InChI is InChI=1S/C20H20FN3O3S/c1-13(25)14-7-9-16(10-8-14)27-11-15(26)12-28-20-23-22-19(24(20)2)17-5-3-4-6-18(17)21/h3-10,15,26H,11-12H2,1-2H3/t15-/m0/s1. The number of hydrogen-bond donors (Lipinski definition) is 1. The fourth-order valence-corrected chi connectivity index (χ4v) is 3.33. The van der Waals surface area contributed by atoms with Crippen molar-refractivity contribution in [2.45, 2.75) is 18.2 Å². The van der Waals surface area contributed by atoms with Crippen LogP contribution in [0.2, 0.25) is 0 Å². The number of Topliss-reactive ketones (excluding diaryl/α,β-unsaturated/α-hetero) is 1. The first-order chi connectivity index (χ1) is 13.5. The van der Waals surface area contributed by atoms with Crippen LogP contribution in [0, 0.1) is 5.82 Å². The molecule has 2 aromatic carbocycles. The number of carbonyl (C=O) groups excluding carboxylic acids is 1. The highest BCUT2D eigenvalue weighted by Gasteiger charge is 2.16. The first-order valence-electron chi connectivity index (χ1n) is 8.64. The molecule has 0 aliphatic rings. The Morgan fingerprint density at radius 1 is 1.21 bits per heavy atom. The number of aliphatic hydroxyl groups is 1. The fourth-order valence-electron chi connectivity index (χ4n) is 2.51. The average Bonchev–Trinajstić information content (AvgIpc) is 3.05.